The zero-order valence-corrected chi connectivity index (χ0v) is 12.3. The molecule has 0 amide bonds. The lowest BCUT2D eigenvalue weighted by Gasteiger charge is -2.27. The molecule has 5 heteroatoms. The minimum Gasteiger partial charge on any atom is -0.379 e. The van der Waals surface area contributed by atoms with E-state index in [4.69, 9.17) is 4.74 Å². The van der Waals surface area contributed by atoms with Crippen LogP contribution < -0.4 is 5.32 Å². The van der Waals surface area contributed by atoms with Crippen LogP contribution in [0.3, 0.4) is 0 Å². The van der Waals surface area contributed by atoms with Crippen molar-refractivity contribution in [2.75, 3.05) is 7.11 Å². The molecule has 0 aliphatic heterocycles. The number of halogens is 3. The molecule has 0 aliphatic rings. The smallest absolute Gasteiger partial charge is 0.379 e. The number of methoxy groups -OCH3 is 1. The van der Waals surface area contributed by atoms with Gasteiger partial charge in [0.15, 0.2) is 0 Å². The quantitative estimate of drug-likeness (QED) is 0.854. The monoisotopic (exact) mass is 289 g/mol. The molecule has 0 aliphatic carbocycles. The molecule has 0 heterocycles. The first-order valence-corrected chi connectivity index (χ1v) is 6.59. The summed E-state index contributed by atoms with van der Waals surface area (Å²) in [6, 6.07) is 5.54. The first-order valence-electron chi connectivity index (χ1n) is 6.59. The van der Waals surface area contributed by atoms with E-state index in [-0.39, 0.29) is 11.6 Å². The summed E-state index contributed by atoms with van der Waals surface area (Å²) in [6.07, 6.45) is -3.51. The molecule has 20 heavy (non-hydrogen) atoms. The molecule has 1 atom stereocenters. The maximum Gasteiger partial charge on any atom is 0.416 e. The Hall–Kier alpha value is -1.07. The van der Waals surface area contributed by atoms with Gasteiger partial charge in [0.05, 0.1) is 11.2 Å². The van der Waals surface area contributed by atoms with Gasteiger partial charge in [-0.25, -0.2) is 0 Å². The van der Waals surface area contributed by atoms with Crippen molar-refractivity contribution < 1.29 is 17.9 Å². The van der Waals surface area contributed by atoms with Gasteiger partial charge in [0.25, 0.3) is 0 Å². The van der Waals surface area contributed by atoms with Crippen LogP contribution in [0.1, 0.15) is 38.3 Å². The topological polar surface area (TPSA) is 21.3 Å². The molecule has 0 aromatic heterocycles. The van der Waals surface area contributed by atoms with E-state index in [1.807, 2.05) is 20.8 Å². The second-order valence-electron chi connectivity index (χ2n) is 5.65. The third-order valence-corrected chi connectivity index (χ3v) is 3.26. The Morgan fingerprint density at radius 1 is 1.25 bits per heavy atom. The van der Waals surface area contributed by atoms with Gasteiger partial charge in [-0.15, -0.1) is 0 Å². The van der Waals surface area contributed by atoms with Gasteiger partial charge in [-0.05, 0) is 38.8 Å². The van der Waals surface area contributed by atoms with Crippen molar-refractivity contribution in [3.8, 4) is 0 Å². The Balaban J connectivity index is 2.58. The van der Waals surface area contributed by atoms with Gasteiger partial charge in [0.2, 0.25) is 0 Å². The molecule has 0 spiro atoms. The van der Waals surface area contributed by atoms with E-state index in [0.717, 1.165) is 12.5 Å². The Morgan fingerprint density at radius 3 is 2.45 bits per heavy atom. The average Bonchev–Trinajstić information content (AvgIpc) is 2.35. The average molecular weight is 289 g/mol. The molecule has 1 rings (SSSR count). The first kappa shape index (κ1) is 17.0. The zero-order chi connectivity index (χ0) is 15.4. The fourth-order valence-corrected chi connectivity index (χ4v) is 2.04. The van der Waals surface area contributed by atoms with Crippen LogP contribution in [0.25, 0.3) is 0 Å². The fraction of sp³-hybridized carbons (Fsp3) is 0.600. The second-order valence-corrected chi connectivity index (χ2v) is 5.65. The molecule has 114 valence electrons. The minimum atomic E-state index is -4.29. The van der Waals surface area contributed by atoms with Crippen molar-refractivity contribution in [1.82, 2.24) is 5.32 Å². The number of ether oxygens (including phenoxy) is 1. The highest BCUT2D eigenvalue weighted by atomic mass is 19.4. The molecule has 1 aromatic carbocycles. The number of rotatable bonds is 6. The molecule has 0 saturated heterocycles. The highest BCUT2D eigenvalue weighted by molar-refractivity contribution is 5.25. The Morgan fingerprint density at radius 2 is 1.90 bits per heavy atom. The molecule has 1 N–H and O–H groups in total. The summed E-state index contributed by atoms with van der Waals surface area (Å²) < 4.78 is 43.1. The maximum absolute atomic E-state index is 12.6. The summed E-state index contributed by atoms with van der Waals surface area (Å²) in [5.74, 6) is 0. The lowest BCUT2D eigenvalue weighted by atomic mass is 9.99. The molecule has 0 radical (unpaired) electrons. The van der Waals surface area contributed by atoms with E-state index in [1.54, 1.807) is 13.2 Å². The van der Waals surface area contributed by atoms with Gasteiger partial charge in [-0.3, -0.25) is 0 Å². The fourth-order valence-electron chi connectivity index (χ4n) is 2.04. The standard InChI is InChI=1S/C15H22F3NO/c1-11(9-14(2,3)20-4)19-10-12-6-5-7-13(8-12)15(16,17)18/h5-8,11,19H,9-10H2,1-4H3. The van der Waals surface area contributed by atoms with Gasteiger partial charge in [-0.1, -0.05) is 18.2 Å². The van der Waals surface area contributed by atoms with Crippen LogP contribution in [0.4, 0.5) is 13.2 Å². The molecule has 0 saturated carbocycles. The van der Waals surface area contributed by atoms with E-state index in [0.29, 0.717) is 12.1 Å². The number of hydrogen-bond donors (Lipinski definition) is 1. The van der Waals surface area contributed by atoms with Crippen LogP contribution in [-0.4, -0.2) is 18.8 Å². The van der Waals surface area contributed by atoms with E-state index in [9.17, 15) is 13.2 Å². The predicted octanol–water partition coefficient (Wildman–Crippen LogP) is 4.00. The second kappa shape index (κ2) is 6.59. The Bertz CT molecular complexity index is 429. The summed E-state index contributed by atoms with van der Waals surface area (Å²) >= 11 is 0. The number of nitrogens with one attached hydrogen (secondary N) is 1. The van der Waals surface area contributed by atoms with Crippen LogP contribution in [0.2, 0.25) is 0 Å². The lowest BCUT2D eigenvalue weighted by Crippen LogP contribution is -2.35. The van der Waals surface area contributed by atoms with Crippen molar-refractivity contribution in [2.45, 2.75) is 51.6 Å². The normalized spacial score (nSPS) is 14.3. The van der Waals surface area contributed by atoms with Crippen LogP contribution in [-0.2, 0) is 17.5 Å². The lowest BCUT2D eigenvalue weighted by molar-refractivity contribution is -0.137. The van der Waals surface area contributed by atoms with Gasteiger partial charge >= 0.3 is 6.18 Å². The Labute approximate surface area is 118 Å². The van der Waals surface area contributed by atoms with Crippen molar-refractivity contribution in [3.05, 3.63) is 35.4 Å². The molecule has 0 fully saturated rings. The first-order chi connectivity index (χ1) is 9.14. The van der Waals surface area contributed by atoms with Crippen molar-refractivity contribution in [2.24, 2.45) is 0 Å². The molecular formula is C15H22F3NO. The maximum atomic E-state index is 12.6. The summed E-state index contributed by atoms with van der Waals surface area (Å²) in [5.41, 5.74) is -0.233. The van der Waals surface area contributed by atoms with E-state index < -0.39 is 11.7 Å². The van der Waals surface area contributed by atoms with E-state index >= 15 is 0 Å². The number of benzene rings is 1. The summed E-state index contributed by atoms with van der Waals surface area (Å²) in [6.45, 7) is 6.37. The summed E-state index contributed by atoms with van der Waals surface area (Å²) in [4.78, 5) is 0. The minimum absolute atomic E-state index is 0.152. The Kier molecular flexibility index (Phi) is 5.59. The third-order valence-electron chi connectivity index (χ3n) is 3.26. The molecule has 0 bridgehead atoms. The summed E-state index contributed by atoms with van der Waals surface area (Å²) in [7, 11) is 1.65. The van der Waals surface area contributed by atoms with Crippen LogP contribution in [0.15, 0.2) is 24.3 Å². The van der Waals surface area contributed by atoms with E-state index in [2.05, 4.69) is 5.32 Å². The number of hydrogen-bond acceptors (Lipinski definition) is 2. The largest absolute Gasteiger partial charge is 0.416 e. The highest BCUT2D eigenvalue weighted by Gasteiger charge is 2.30. The van der Waals surface area contributed by atoms with Crippen LogP contribution >= 0.6 is 0 Å². The van der Waals surface area contributed by atoms with Crippen LogP contribution in [0.5, 0.6) is 0 Å². The van der Waals surface area contributed by atoms with Gasteiger partial charge < -0.3 is 10.1 Å². The summed E-state index contributed by atoms with van der Waals surface area (Å²) in [5, 5.41) is 3.22. The van der Waals surface area contributed by atoms with E-state index in [1.165, 1.54) is 12.1 Å². The molecular weight excluding hydrogens is 267 g/mol. The number of alkyl halides is 3. The third kappa shape index (κ3) is 5.51. The van der Waals surface area contributed by atoms with Gasteiger partial charge in [0.1, 0.15) is 0 Å². The molecule has 1 aromatic rings. The van der Waals surface area contributed by atoms with Gasteiger partial charge in [0, 0.05) is 19.7 Å². The molecule has 1 unspecified atom stereocenters. The van der Waals surface area contributed by atoms with Crippen molar-refractivity contribution in [1.29, 1.82) is 0 Å². The van der Waals surface area contributed by atoms with Crippen molar-refractivity contribution >= 4 is 0 Å². The van der Waals surface area contributed by atoms with Gasteiger partial charge in [-0.2, -0.15) is 13.2 Å². The SMILES string of the molecule is COC(C)(C)CC(C)NCc1cccc(C(F)(F)F)c1. The predicted molar refractivity (Wildman–Crippen MR) is 73.5 cm³/mol. The molecule has 2 nitrogen and oxygen atoms in total. The van der Waals surface area contributed by atoms with Crippen molar-refractivity contribution in [3.63, 3.8) is 0 Å². The zero-order valence-electron chi connectivity index (χ0n) is 12.3. The highest BCUT2D eigenvalue weighted by Crippen LogP contribution is 2.29. The van der Waals surface area contributed by atoms with Crippen LogP contribution in [0, 0.1) is 0 Å².